The maximum absolute atomic E-state index is 13.6. The average molecular weight is 425 g/mol. The van der Waals surface area contributed by atoms with Crippen LogP contribution >= 0.6 is 0 Å². The van der Waals surface area contributed by atoms with Gasteiger partial charge in [0.1, 0.15) is 17.4 Å². The van der Waals surface area contributed by atoms with Crippen molar-refractivity contribution in [3.8, 4) is 5.75 Å². The molecular formula is C26H30F2N2O. The molecule has 0 saturated heterocycles. The van der Waals surface area contributed by atoms with Gasteiger partial charge in [-0.05, 0) is 60.7 Å². The molecule has 4 rings (SSSR count). The Bertz CT molecular complexity index is 963. The van der Waals surface area contributed by atoms with Gasteiger partial charge < -0.3 is 10.5 Å². The number of nitrogens with two attached hydrogens (primary N) is 1. The van der Waals surface area contributed by atoms with E-state index in [0.29, 0.717) is 12.2 Å². The van der Waals surface area contributed by atoms with Crippen molar-refractivity contribution < 1.29 is 13.5 Å². The van der Waals surface area contributed by atoms with Crippen molar-refractivity contribution in [2.45, 2.75) is 31.8 Å². The zero-order valence-electron chi connectivity index (χ0n) is 17.9. The summed E-state index contributed by atoms with van der Waals surface area (Å²) < 4.78 is 30.7. The Morgan fingerprint density at radius 1 is 0.968 bits per heavy atom. The molecule has 164 valence electrons. The number of benzene rings is 3. The highest BCUT2D eigenvalue weighted by molar-refractivity contribution is 5.29. The Kier molecular flexibility index (Phi) is 8.56. The highest BCUT2D eigenvalue weighted by Gasteiger charge is 2.16. The fraction of sp³-hybridized carbons (Fsp3) is 0.308. The summed E-state index contributed by atoms with van der Waals surface area (Å²) in [7, 11) is 1.51. The van der Waals surface area contributed by atoms with Crippen LogP contribution in [0.15, 0.2) is 72.8 Å². The van der Waals surface area contributed by atoms with Crippen molar-refractivity contribution in [2.24, 2.45) is 5.73 Å². The molecule has 0 aliphatic carbocycles. The van der Waals surface area contributed by atoms with Crippen LogP contribution in [-0.4, -0.2) is 31.1 Å². The zero-order chi connectivity index (χ0) is 22.1. The molecule has 0 fully saturated rings. The maximum atomic E-state index is 13.6. The molecular weight excluding hydrogens is 394 g/mol. The van der Waals surface area contributed by atoms with Gasteiger partial charge >= 0.3 is 0 Å². The van der Waals surface area contributed by atoms with E-state index in [4.69, 9.17) is 10.5 Å². The molecule has 0 aromatic heterocycles. The predicted molar refractivity (Wildman–Crippen MR) is 121 cm³/mol. The predicted octanol–water partition coefficient (Wildman–Crippen LogP) is 4.98. The van der Waals surface area contributed by atoms with E-state index >= 15 is 0 Å². The first-order chi connectivity index (χ1) is 15.0. The van der Waals surface area contributed by atoms with E-state index in [0.717, 1.165) is 38.0 Å². The van der Waals surface area contributed by atoms with Gasteiger partial charge in [-0.3, -0.25) is 4.90 Å². The smallest absolute Gasteiger partial charge is 0.126 e. The summed E-state index contributed by atoms with van der Waals surface area (Å²) in [6.45, 7) is 3.07. The quantitative estimate of drug-likeness (QED) is 0.607. The summed E-state index contributed by atoms with van der Waals surface area (Å²) in [5.41, 5.74) is 9.81. The van der Waals surface area contributed by atoms with Crippen molar-refractivity contribution >= 4 is 0 Å². The number of nitrogens with zero attached hydrogens (tertiary/aromatic N) is 1. The maximum Gasteiger partial charge on any atom is 0.126 e. The molecule has 5 heteroatoms. The van der Waals surface area contributed by atoms with Crippen molar-refractivity contribution in [1.29, 1.82) is 0 Å². The van der Waals surface area contributed by atoms with Crippen LogP contribution in [0, 0.1) is 11.6 Å². The van der Waals surface area contributed by atoms with Gasteiger partial charge in [0.05, 0.1) is 7.11 Å². The van der Waals surface area contributed by atoms with Crippen molar-refractivity contribution in [3.63, 3.8) is 0 Å². The number of hydrogen-bond acceptors (Lipinski definition) is 3. The summed E-state index contributed by atoms with van der Waals surface area (Å²) in [4.78, 5) is 2.45. The molecule has 2 N–H and O–H groups in total. The largest absolute Gasteiger partial charge is 0.497 e. The first-order valence-corrected chi connectivity index (χ1v) is 10.6. The lowest BCUT2D eigenvalue weighted by Crippen LogP contribution is -2.35. The van der Waals surface area contributed by atoms with Crippen molar-refractivity contribution in [2.75, 3.05) is 20.2 Å². The van der Waals surface area contributed by atoms with Crippen LogP contribution in [0.4, 0.5) is 8.78 Å². The standard InChI is InChI=1S/C19H23FN2.C7H7FO/c20-19-8-4-3-6-16(19)13-18(21)10-12-22-11-9-15-5-1-2-7-17(15)14-22;1-9-7-4-2-3-6(8)5-7/h1-8,18H,9-14,21H2;2-5H,1H3. The summed E-state index contributed by atoms with van der Waals surface area (Å²) in [6.07, 6.45) is 2.62. The van der Waals surface area contributed by atoms with Gasteiger partial charge in [-0.1, -0.05) is 48.5 Å². The monoisotopic (exact) mass is 424 g/mol. The topological polar surface area (TPSA) is 38.5 Å². The van der Waals surface area contributed by atoms with E-state index in [1.54, 1.807) is 18.2 Å². The molecule has 0 saturated carbocycles. The molecule has 1 heterocycles. The van der Waals surface area contributed by atoms with Crippen LogP contribution in [0.25, 0.3) is 0 Å². The minimum atomic E-state index is -0.269. The van der Waals surface area contributed by atoms with Gasteiger partial charge in [0.25, 0.3) is 0 Å². The van der Waals surface area contributed by atoms with Crippen LogP contribution < -0.4 is 10.5 Å². The lowest BCUT2D eigenvalue weighted by atomic mass is 9.99. The van der Waals surface area contributed by atoms with Crippen LogP contribution in [0.3, 0.4) is 0 Å². The van der Waals surface area contributed by atoms with Gasteiger partial charge in [0, 0.05) is 25.2 Å². The fourth-order valence-electron chi connectivity index (χ4n) is 3.74. The van der Waals surface area contributed by atoms with Gasteiger partial charge in [-0.15, -0.1) is 0 Å². The Hall–Kier alpha value is -2.76. The molecule has 1 aliphatic heterocycles. The zero-order valence-corrected chi connectivity index (χ0v) is 17.9. The second-order valence-corrected chi connectivity index (χ2v) is 7.80. The molecule has 0 spiro atoms. The van der Waals surface area contributed by atoms with Crippen LogP contribution in [0.5, 0.6) is 5.75 Å². The number of ether oxygens (including phenoxy) is 1. The normalized spacial score (nSPS) is 14.2. The second kappa shape index (κ2) is 11.6. The van der Waals surface area contributed by atoms with E-state index in [-0.39, 0.29) is 17.7 Å². The van der Waals surface area contributed by atoms with Gasteiger partial charge in [-0.25, -0.2) is 8.78 Å². The van der Waals surface area contributed by atoms with Gasteiger partial charge in [0.15, 0.2) is 0 Å². The number of halogens is 2. The first kappa shape index (κ1) is 22.9. The second-order valence-electron chi connectivity index (χ2n) is 7.80. The molecule has 0 radical (unpaired) electrons. The van der Waals surface area contributed by atoms with Crippen molar-refractivity contribution in [3.05, 3.63) is 101 Å². The SMILES string of the molecule is COc1cccc(F)c1.NC(CCN1CCc2ccccc2C1)Cc1ccccc1F. The highest BCUT2D eigenvalue weighted by Crippen LogP contribution is 2.19. The third-order valence-electron chi connectivity index (χ3n) is 5.50. The van der Waals surface area contributed by atoms with E-state index in [1.165, 1.54) is 36.4 Å². The lowest BCUT2D eigenvalue weighted by molar-refractivity contribution is 0.244. The molecule has 31 heavy (non-hydrogen) atoms. The molecule has 3 aromatic carbocycles. The van der Waals surface area contributed by atoms with Crippen LogP contribution in [0.1, 0.15) is 23.1 Å². The molecule has 1 unspecified atom stereocenters. The van der Waals surface area contributed by atoms with E-state index < -0.39 is 0 Å². The third-order valence-corrected chi connectivity index (χ3v) is 5.50. The van der Waals surface area contributed by atoms with Crippen LogP contribution in [-0.2, 0) is 19.4 Å². The number of fused-ring (bicyclic) bond motifs is 1. The molecule has 1 atom stereocenters. The average Bonchev–Trinajstić information content (AvgIpc) is 2.79. The summed E-state index contributed by atoms with van der Waals surface area (Å²) in [5.74, 6) is 0.134. The highest BCUT2D eigenvalue weighted by atomic mass is 19.1. The molecule has 0 bridgehead atoms. The first-order valence-electron chi connectivity index (χ1n) is 10.6. The Balaban J connectivity index is 0.000000254. The number of rotatable bonds is 6. The minimum absolute atomic E-state index is 0.00840. The number of methoxy groups -OCH3 is 1. The third kappa shape index (κ3) is 7.16. The number of hydrogen-bond donors (Lipinski definition) is 1. The van der Waals surface area contributed by atoms with E-state index in [9.17, 15) is 8.78 Å². The van der Waals surface area contributed by atoms with Gasteiger partial charge in [0.2, 0.25) is 0 Å². The van der Waals surface area contributed by atoms with Crippen molar-refractivity contribution in [1.82, 2.24) is 4.90 Å². The van der Waals surface area contributed by atoms with Gasteiger partial charge in [-0.2, -0.15) is 0 Å². The van der Waals surface area contributed by atoms with Crippen LogP contribution in [0.2, 0.25) is 0 Å². The summed E-state index contributed by atoms with van der Waals surface area (Å²) in [5, 5.41) is 0. The van der Waals surface area contributed by atoms with E-state index in [2.05, 4.69) is 29.2 Å². The fourth-order valence-corrected chi connectivity index (χ4v) is 3.74. The molecule has 3 aromatic rings. The minimum Gasteiger partial charge on any atom is -0.497 e. The lowest BCUT2D eigenvalue weighted by Gasteiger charge is -2.29. The molecule has 3 nitrogen and oxygen atoms in total. The Labute approximate surface area is 183 Å². The Morgan fingerprint density at radius 3 is 2.42 bits per heavy atom. The molecule has 1 aliphatic rings. The molecule has 0 amide bonds. The summed E-state index contributed by atoms with van der Waals surface area (Å²) in [6, 6.07) is 21.6. The Morgan fingerprint density at radius 2 is 1.71 bits per heavy atom. The summed E-state index contributed by atoms with van der Waals surface area (Å²) >= 11 is 0. The van der Waals surface area contributed by atoms with E-state index in [1.807, 2.05) is 12.1 Å².